The van der Waals surface area contributed by atoms with E-state index in [9.17, 15) is 19.2 Å². The number of ketones is 2. The summed E-state index contributed by atoms with van der Waals surface area (Å²) < 4.78 is 10.3. The van der Waals surface area contributed by atoms with E-state index in [1.807, 2.05) is 24.3 Å². The van der Waals surface area contributed by atoms with E-state index in [-0.39, 0.29) is 37.9 Å². The molecule has 0 atom stereocenters. The Morgan fingerprint density at radius 2 is 0.827 bits per heavy atom. The van der Waals surface area contributed by atoms with Crippen LogP contribution in [0.2, 0.25) is 0 Å². The fourth-order valence-electron chi connectivity index (χ4n) is 5.11. The molecule has 0 saturated heterocycles. The molecule has 0 aromatic heterocycles. The molecule has 52 heavy (non-hydrogen) atoms. The third-order valence-corrected chi connectivity index (χ3v) is 8.06. The van der Waals surface area contributed by atoms with Crippen LogP contribution in [0.25, 0.3) is 0 Å². The van der Waals surface area contributed by atoms with E-state index >= 15 is 0 Å². The van der Waals surface area contributed by atoms with Gasteiger partial charge in [-0.25, -0.2) is 9.59 Å². The van der Waals surface area contributed by atoms with E-state index in [1.165, 1.54) is 0 Å². The topological polar surface area (TPSA) is 164 Å². The molecule has 0 aliphatic heterocycles. The van der Waals surface area contributed by atoms with Crippen molar-refractivity contribution >= 4 is 23.6 Å². The van der Waals surface area contributed by atoms with E-state index in [2.05, 4.69) is 0 Å². The monoisotopic (exact) mass is 702 g/mol. The number of hydroxylamine groups is 4. The van der Waals surface area contributed by atoms with Crippen molar-refractivity contribution < 1.29 is 38.3 Å². The summed E-state index contributed by atoms with van der Waals surface area (Å²) in [7, 11) is 3.15. The largest absolute Gasteiger partial charge is 0.497 e. The number of hydrogen-bond acceptors (Lipinski definition) is 8. The smallest absolute Gasteiger partial charge is 0.339 e. The van der Waals surface area contributed by atoms with Gasteiger partial charge in [0.2, 0.25) is 0 Å². The number of nitrogens with two attached hydrogens (primary N) is 2. The number of carbonyl (C=O) groups excluding carboxylic acids is 4. The van der Waals surface area contributed by atoms with Gasteiger partial charge in [-0.2, -0.15) is 10.1 Å². The molecule has 0 radical (unpaired) electrons. The van der Waals surface area contributed by atoms with Crippen molar-refractivity contribution in [3.8, 4) is 11.5 Å². The molecule has 0 heterocycles. The van der Waals surface area contributed by atoms with Crippen molar-refractivity contribution in [2.45, 2.75) is 26.3 Å². The second-order valence-electron chi connectivity index (χ2n) is 11.6. The first-order valence-corrected chi connectivity index (χ1v) is 16.2. The highest BCUT2D eigenvalue weighted by Crippen LogP contribution is 2.19. The Bertz CT molecular complexity index is 1860. The lowest BCUT2D eigenvalue weighted by atomic mass is 9.96. The number of benzene rings is 5. The van der Waals surface area contributed by atoms with Gasteiger partial charge in [0.1, 0.15) is 24.7 Å². The van der Waals surface area contributed by atoms with Crippen molar-refractivity contribution in [1.29, 1.82) is 0 Å². The summed E-state index contributed by atoms with van der Waals surface area (Å²) in [4.78, 5) is 62.1. The lowest BCUT2D eigenvalue weighted by Crippen LogP contribution is -2.35. The molecule has 5 aromatic carbocycles. The zero-order valence-corrected chi connectivity index (χ0v) is 28.7. The maximum atomic E-state index is 13.4. The van der Waals surface area contributed by atoms with Crippen LogP contribution in [-0.4, -0.2) is 48.0 Å². The minimum Gasteiger partial charge on any atom is -0.497 e. The number of hydrogen-bond donors (Lipinski definition) is 2. The standard InChI is InChI=1S/C40H38N4O8/c1-49-35-18-10-29(11-19-35)25-51-43(39(41)47)23-27-6-14-31(15-7-27)37(45)33-4-3-5-34(22-33)38(46)32-16-8-28(9-17-32)24-44(40(42)48)52-26-30-12-20-36(50-2)21-13-30/h3-22H,23-26H2,1-2H3,(H2,41,47)(H2,42,48). The number of methoxy groups -OCH3 is 2. The van der Waals surface area contributed by atoms with Crippen LogP contribution < -0.4 is 20.9 Å². The number of ether oxygens (including phenoxy) is 2. The summed E-state index contributed by atoms with van der Waals surface area (Å²) in [5, 5.41) is 2.10. The molecule has 0 aliphatic carbocycles. The van der Waals surface area contributed by atoms with Gasteiger partial charge in [-0.3, -0.25) is 19.3 Å². The molecule has 0 spiro atoms. The normalized spacial score (nSPS) is 10.7. The molecule has 5 rings (SSSR count). The zero-order chi connectivity index (χ0) is 37.0. The SMILES string of the molecule is COc1ccc(CON(Cc2ccc(C(=O)c3cccc(C(=O)c4ccc(CN(OCc5ccc(OC)cc5)C(N)=O)cc4)c3)cc2)C(N)=O)cc1. The first-order chi connectivity index (χ1) is 25.1. The van der Waals surface area contributed by atoms with Crippen molar-refractivity contribution in [2.75, 3.05) is 14.2 Å². The molecular weight excluding hydrogens is 664 g/mol. The summed E-state index contributed by atoms with van der Waals surface area (Å²) >= 11 is 0. The predicted octanol–water partition coefficient (Wildman–Crippen LogP) is 6.19. The highest BCUT2D eigenvalue weighted by Gasteiger charge is 2.17. The maximum absolute atomic E-state index is 13.4. The van der Waals surface area contributed by atoms with Crippen molar-refractivity contribution in [1.82, 2.24) is 10.1 Å². The predicted molar refractivity (Wildman–Crippen MR) is 192 cm³/mol. The lowest BCUT2D eigenvalue weighted by Gasteiger charge is -2.20. The molecule has 0 bridgehead atoms. The third-order valence-electron chi connectivity index (χ3n) is 8.06. The molecule has 0 saturated carbocycles. The number of amides is 4. The Balaban J connectivity index is 1.18. The number of carbonyl (C=O) groups is 4. The van der Waals surface area contributed by atoms with Gasteiger partial charge in [-0.15, -0.1) is 0 Å². The van der Waals surface area contributed by atoms with Crippen molar-refractivity contribution in [3.05, 3.63) is 166 Å². The second-order valence-corrected chi connectivity index (χ2v) is 11.6. The Kier molecular flexibility index (Phi) is 12.3. The van der Waals surface area contributed by atoms with Crippen LogP contribution in [0.15, 0.2) is 121 Å². The summed E-state index contributed by atoms with van der Waals surface area (Å²) in [6.45, 7) is 0.384. The fraction of sp³-hybridized carbons (Fsp3) is 0.150. The molecule has 266 valence electrons. The Labute approximate surface area is 301 Å². The molecule has 5 aromatic rings. The van der Waals surface area contributed by atoms with Crippen molar-refractivity contribution in [3.63, 3.8) is 0 Å². The van der Waals surface area contributed by atoms with Gasteiger partial charge in [-0.1, -0.05) is 91.0 Å². The minimum atomic E-state index is -0.757. The van der Waals surface area contributed by atoms with Crippen LogP contribution >= 0.6 is 0 Å². The molecule has 4 N–H and O–H groups in total. The molecule has 12 nitrogen and oxygen atoms in total. The highest BCUT2D eigenvalue weighted by molar-refractivity contribution is 6.13. The average molecular weight is 703 g/mol. The van der Waals surface area contributed by atoms with Gasteiger partial charge in [0, 0.05) is 22.3 Å². The summed E-state index contributed by atoms with van der Waals surface area (Å²) in [6, 6.07) is 32.8. The number of nitrogens with zero attached hydrogens (tertiary/aromatic N) is 2. The second kappa shape index (κ2) is 17.4. The van der Waals surface area contributed by atoms with E-state index < -0.39 is 12.1 Å². The first kappa shape index (κ1) is 36.8. The lowest BCUT2D eigenvalue weighted by molar-refractivity contribution is -0.132. The number of urea groups is 2. The molecule has 0 unspecified atom stereocenters. The molecule has 0 aliphatic rings. The van der Waals surface area contributed by atoms with E-state index in [0.717, 1.165) is 21.3 Å². The van der Waals surface area contributed by atoms with Crippen LogP contribution in [-0.2, 0) is 36.0 Å². The first-order valence-electron chi connectivity index (χ1n) is 16.2. The van der Waals surface area contributed by atoms with Gasteiger partial charge in [-0.05, 0) is 52.6 Å². The van der Waals surface area contributed by atoms with E-state index in [4.69, 9.17) is 30.6 Å². The Morgan fingerprint density at radius 3 is 1.15 bits per heavy atom. The summed E-state index contributed by atoms with van der Waals surface area (Å²) in [5.41, 5.74) is 15.6. The minimum absolute atomic E-state index is 0.0695. The van der Waals surface area contributed by atoms with Gasteiger partial charge >= 0.3 is 12.1 Å². The van der Waals surface area contributed by atoms with E-state index in [0.29, 0.717) is 44.9 Å². The van der Waals surface area contributed by atoms with Crippen LogP contribution in [0.3, 0.4) is 0 Å². The van der Waals surface area contributed by atoms with Crippen LogP contribution in [0.4, 0.5) is 9.59 Å². The molecule has 4 amide bonds. The van der Waals surface area contributed by atoms with Crippen LogP contribution in [0, 0.1) is 0 Å². The van der Waals surface area contributed by atoms with Crippen LogP contribution in [0.5, 0.6) is 11.5 Å². The highest BCUT2D eigenvalue weighted by atomic mass is 16.7. The quantitative estimate of drug-likeness (QED) is 0.0908. The van der Waals surface area contributed by atoms with Crippen molar-refractivity contribution in [2.24, 2.45) is 11.5 Å². The fourth-order valence-corrected chi connectivity index (χ4v) is 5.11. The molecular formula is C40H38N4O8. The molecule has 12 heteroatoms. The Morgan fingerprint density at radius 1 is 0.481 bits per heavy atom. The Hall–Kier alpha value is -6.50. The van der Waals surface area contributed by atoms with Gasteiger partial charge in [0.25, 0.3) is 0 Å². The zero-order valence-electron chi connectivity index (χ0n) is 28.7. The van der Waals surface area contributed by atoms with E-state index in [1.54, 1.807) is 111 Å². The van der Waals surface area contributed by atoms with Gasteiger partial charge in [0.05, 0.1) is 27.3 Å². The van der Waals surface area contributed by atoms with Crippen LogP contribution in [0.1, 0.15) is 54.1 Å². The number of rotatable bonds is 16. The maximum Gasteiger partial charge on any atom is 0.339 e. The van der Waals surface area contributed by atoms with Gasteiger partial charge < -0.3 is 20.9 Å². The van der Waals surface area contributed by atoms with Gasteiger partial charge in [0.15, 0.2) is 11.6 Å². The average Bonchev–Trinajstić information content (AvgIpc) is 3.18. The summed E-state index contributed by atoms with van der Waals surface area (Å²) in [6.07, 6.45) is 0. The molecule has 0 fully saturated rings. The number of primary amides is 2. The third kappa shape index (κ3) is 9.81. The summed E-state index contributed by atoms with van der Waals surface area (Å²) in [5.74, 6) is 0.851.